The fourth-order valence-corrected chi connectivity index (χ4v) is 2.91. The highest BCUT2D eigenvalue weighted by molar-refractivity contribution is 5.78. The monoisotopic (exact) mass is 297 g/mol. The first-order valence-electron chi connectivity index (χ1n) is 7.80. The maximum absolute atomic E-state index is 11.6. The first kappa shape index (κ1) is 16.1. The molecule has 0 unspecified atom stereocenters. The smallest absolute Gasteiger partial charge is 0.407 e. The summed E-state index contributed by atoms with van der Waals surface area (Å²) < 4.78 is 5.23. The predicted octanol–water partition coefficient (Wildman–Crippen LogP) is 1.11. The number of nitrogens with one attached hydrogen (secondary N) is 2. The summed E-state index contributed by atoms with van der Waals surface area (Å²) in [6.45, 7) is 9.17. The summed E-state index contributed by atoms with van der Waals surface area (Å²) in [5.74, 6) is 0.636. The molecule has 0 radical (unpaired) electrons. The van der Waals surface area contributed by atoms with E-state index in [1.807, 2.05) is 20.8 Å². The molecule has 2 atom stereocenters. The van der Waals surface area contributed by atoms with Crippen molar-refractivity contribution >= 4 is 12.0 Å². The van der Waals surface area contributed by atoms with Gasteiger partial charge in [-0.05, 0) is 46.1 Å². The van der Waals surface area contributed by atoms with E-state index in [2.05, 4.69) is 15.5 Å². The second-order valence-corrected chi connectivity index (χ2v) is 7.10. The number of rotatable bonds is 4. The summed E-state index contributed by atoms with van der Waals surface area (Å²) in [6, 6.07) is 0.301. The normalized spacial score (nSPS) is 26.7. The number of hydrogen-bond donors (Lipinski definition) is 2. The Balaban J connectivity index is 1.64. The van der Waals surface area contributed by atoms with E-state index >= 15 is 0 Å². The first-order valence-corrected chi connectivity index (χ1v) is 7.80. The van der Waals surface area contributed by atoms with Gasteiger partial charge in [0.1, 0.15) is 5.60 Å². The average molecular weight is 297 g/mol. The Hall–Kier alpha value is -1.30. The van der Waals surface area contributed by atoms with Gasteiger partial charge in [-0.2, -0.15) is 0 Å². The Labute approximate surface area is 126 Å². The molecule has 0 aromatic carbocycles. The SMILES string of the molecule is CC(C)(C)OC(=O)NC[C@H]1CCN(C[C@H]2CCC(=O)N2)C1. The summed E-state index contributed by atoms with van der Waals surface area (Å²) in [5.41, 5.74) is -0.452. The lowest BCUT2D eigenvalue weighted by Gasteiger charge is -2.22. The van der Waals surface area contributed by atoms with Gasteiger partial charge in [-0.3, -0.25) is 4.79 Å². The summed E-state index contributed by atoms with van der Waals surface area (Å²) in [5, 5.41) is 5.85. The summed E-state index contributed by atoms with van der Waals surface area (Å²) in [6.07, 6.45) is 2.33. The second kappa shape index (κ2) is 6.64. The van der Waals surface area contributed by atoms with E-state index in [1.54, 1.807) is 0 Å². The summed E-state index contributed by atoms with van der Waals surface area (Å²) in [7, 11) is 0. The van der Waals surface area contributed by atoms with Gasteiger partial charge in [-0.15, -0.1) is 0 Å². The van der Waals surface area contributed by atoms with E-state index < -0.39 is 5.60 Å². The zero-order chi connectivity index (χ0) is 15.5. The van der Waals surface area contributed by atoms with Crippen molar-refractivity contribution < 1.29 is 14.3 Å². The van der Waals surface area contributed by atoms with Crippen LogP contribution in [0.5, 0.6) is 0 Å². The Kier molecular flexibility index (Phi) is 5.08. The van der Waals surface area contributed by atoms with Gasteiger partial charge in [-0.1, -0.05) is 0 Å². The molecule has 0 saturated carbocycles. The maximum Gasteiger partial charge on any atom is 0.407 e. The Bertz CT molecular complexity index is 392. The molecular formula is C15H27N3O3. The van der Waals surface area contributed by atoms with Crippen molar-refractivity contribution in [2.45, 2.75) is 51.7 Å². The molecule has 2 N–H and O–H groups in total. The van der Waals surface area contributed by atoms with Crippen LogP contribution in [-0.4, -0.2) is 54.7 Å². The van der Waals surface area contributed by atoms with Gasteiger partial charge in [-0.25, -0.2) is 4.79 Å². The van der Waals surface area contributed by atoms with Crippen molar-refractivity contribution in [1.82, 2.24) is 15.5 Å². The van der Waals surface area contributed by atoms with Gasteiger partial charge in [0.15, 0.2) is 0 Å². The first-order chi connectivity index (χ1) is 9.82. The number of nitrogens with zero attached hydrogens (tertiary/aromatic N) is 1. The largest absolute Gasteiger partial charge is 0.444 e. The van der Waals surface area contributed by atoms with E-state index in [9.17, 15) is 9.59 Å². The van der Waals surface area contributed by atoms with Crippen molar-refractivity contribution in [3.63, 3.8) is 0 Å². The van der Waals surface area contributed by atoms with Crippen LogP contribution in [-0.2, 0) is 9.53 Å². The third-order valence-corrected chi connectivity index (χ3v) is 3.87. The van der Waals surface area contributed by atoms with E-state index in [0.29, 0.717) is 24.9 Å². The molecule has 2 aliphatic heterocycles. The highest BCUT2D eigenvalue weighted by Crippen LogP contribution is 2.18. The summed E-state index contributed by atoms with van der Waals surface area (Å²) in [4.78, 5) is 25.2. The van der Waals surface area contributed by atoms with Crippen LogP contribution in [0.15, 0.2) is 0 Å². The van der Waals surface area contributed by atoms with Crippen LogP contribution in [0.4, 0.5) is 4.79 Å². The lowest BCUT2D eigenvalue weighted by Crippen LogP contribution is -2.39. The molecule has 0 bridgehead atoms. The van der Waals surface area contributed by atoms with Crippen molar-refractivity contribution in [3.8, 4) is 0 Å². The summed E-state index contributed by atoms with van der Waals surface area (Å²) >= 11 is 0. The molecule has 0 spiro atoms. The molecule has 2 heterocycles. The second-order valence-electron chi connectivity index (χ2n) is 7.10. The molecule has 2 aliphatic rings. The molecule has 2 fully saturated rings. The van der Waals surface area contributed by atoms with Crippen molar-refractivity contribution in [2.24, 2.45) is 5.92 Å². The quantitative estimate of drug-likeness (QED) is 0.815. The topological polar surface area (TPSA) is 70.7 Å². The molecule has 0 aromatic heterocycles. The third-order valence-electron chi connectivity index (χ3n) is 3.87. The minimum Gasteiger partial charge on any atom is -0.444 e. The molecular weight excluding hydrogens is 270 g/mol. The van der Waals surface area contributed by atoms with Crippen molar-refractivity contribution in [3.05, 3.63) is 0 Å². The minimum absolute atomic E-state index is 0.169. The number of carbonyl (C=O) groups is 2. The van der Waals surface area contributed by atoms with E-state index in [1.165, 1.54) is 0 Å². The van der Waals surface area contributed by atoms with Crippen molar-refractivity contribution in [2.75, 3.05) is 26.2 Å². The van der Waals surface area contributed by atoms with Gasteiger partial charge in [0.05, 0.1) is 0 Å². The molecule has 120 valence electrons. The Morgan fingerprint density at radius 1 is 1.43 bits per heavy atom. The number of likely N-dealkylation sites (tertiary alicyclic amines) is 1. The Morgan fingerprint density at radius 2 is 2.19 bits per heavy atom. The Morgan fingerprint density at radius 3 is 2.81 bits per heavy atom. The number of hydrogen-bond acceptors (Lipinski definition) is 4. The predicted molar refractivity (Wildman–Crippen MR) is 79.9 cm³/mol. The van der Waals surface area contributed by atoms with Gasteiger partial charge in [0.2, 0.25) is 5.91 Å². The van der Waals surface area contributed by atoms with Crippen LogP contribution in [0.2, 0.25) is 0 Å². The molecule has 0 aromatic rings. The van der Waals surface area contributed by atoms with Gasteiger partial charge in [0, 0.05) is 32.1 Å². The van der Waals surface area contributed by atoms with Crippen LogP contribution in [0.3, 0.4) is 0 Å². The zero-order valence-electron chi connectivity index (χ0n) is 13.3. The van der Waals surface area contributed by atoms with Crippen LogP contribution in [0.25, 0.3) is 0 Å². The molecule has 2 saturated heterocycles. The molecule has 6 heteroatoms. The molecule has 21 heavy (non-hydrogen) atoms. The van der Waals surface area contributed by atoms with Gasteiger partial charge in [0.25, 0.3) is 0 Å². The molecule has 2 amide bonds. The lowest BCUT2D eigenvalue weighted by molar-refractivity contribution is -0.119. The van der Waals surface area contributed by atoms with Crippen LogP contribution >= 0.6 is 0 Å². The lowest BCUT2D eigenvalue weighted by atomic mass is 10.1. The highest BCUT2D eigenvalue weighted by Gasteiger charge is 2.28. The molecule has 2 rings (SSSR count). The van der Waals surface area contributed by atoms with Crippen LogP contribution in [0, 0.1) is 5.92 Å². The van der Waals surface area contributed by atoms with E-state index in [4.69, 9.17) is 4.74 Å². The number of ether oxygens (including phenoxy) is 1. The third kappa shape index (κ3) is 5.53. The minimum atomic E-state index is -0.452. The van der Waals surface area contributed by atoms with Gasteiger partial charge < -0.3 is 20.3 Å². The maximum atomic E-state index is 11.6. The average Bonchev–Trinajstić information content (AvgIpc) is 2.95. The molecule has 0 aliphatic carbocycles. The zero-order valence-corrected chi connectivity index (χ0v) is 13.3. The fourth-order valence-electron chi connectivity index (χ4n) is 2.91. The van der Waals surface area contributed by atoms with Gasteiger partial charge >= 0.3 is 6.09 Å². The number of alkyl carbamates (subject to hydrolysis) is 1. The molecule has 6 nitrogen and oxygen atoms in total. The van der Waals surface area contributed by atoms with Crippen LogP contribution in [0.1, 0.15) is 40.0 Å². The standard InChI is InChI=1S/C15H27N3O3/c1-15(2,3)21-14(20)16-8-11-6-7-18(9-11)10-12-4-5-13(19)17-12/h11-12H,4-10H2,1-3H3,(H,16,20)(H,17,19)/t11-,12-/m1/s1. The number of carbonyl (C=O) groups excluding carboxylic acids is 2. The fraction of sp³-hybridized carbons (Fsp3) is 0.867. The van der Waals surface area contributed by atoms with E-state index in [0.717, 1.165) is 32.5 Å². The van der Waals surface area contributed by atoms with E-state index in [-0.39, 0.29) is 12.0 Å². The number of amides is 2. The highest BCUT2D eigenvalue weighted by atomic mass is 16.6. The van der Waals surface area contributed by atoms with Crippen molar-refractivity contribution in [1.29, 1.82) is 0 Å². The van der Waals surface area contributed by atoms with Crippen LogP contribution < -0.4 is 10.6 Å².